The first-order valence-electron chi connectivity index (χ1n) is 3.41. The number of hydrogen-bond acceptors (Lipinski definition) is 0. The molecule has 9 heavy (non-hydrogen) atoms. The Morgan fingerprint density at radius 1 is 0.889 bits per heavy atom. The van der Waals surface area contributed by atoms with E-state index in [1.807, 2.05) is 13.8 Å². The van der Waals surface area contributed by atoms with E-state index in [4.69, 9.17) is 0 Å². The fourth-order valence-electron chi connectivity index (χ4n) is 0.354. The summed E-state index contributed by atoms with van der Waals surface area (Å²) in [6.07, 6.45) is 4.08. The Hall–Kier alpha value is 0.688. The maximum absolute atomic E-state index is 2.21. The SMILES string of the molecule is CC.CCCCC.[CH3-].[W]. The fourth-order valence-corrected chi connectivity index (χ4v) is 0.354. The second kappa shape index (κ2) is 37.8. The van der Waals surface area contributed by atoms with Crippen molar-refractivity contribution in [1.29, 1.82) is 0 Å². The van der Waals surface area contributed by atoms with Crippen LogP contribution in [0.3, 0.4) is 0 Å². The molecule has 0 saturated carbocycles. The summed E-state index contributed by atoms with van der Waals surface area (Å²) in [5, 5.41) is 0. The topological polar surface area (TPSA) is 0 Å². The Kier molecular flexibility index (Phi) is 94.8. The molecule has 0 saturated heterocycles. The van der Waals surface area contributed by atoms with Crippen LogP contribution in [0.15, 0.2) is 0 Å². The molecule has 0 fully saturated rings. The molecule has 0 nitrogen and oxygen atoms in total. The minimum absolute atomic E-state index is 0. The smallest absolute Gasteiger partial charge is 0 e. The third-order valence-electron chi connectivity index (χ3n) is 0.707. The quantitative estimate of drug-likeness (QED) is 0.683. The van der Waals surface area contributed by atoms with E-state index in [2.05, 4.69) is 13.8 Å². The second-order valence-electron chi connectivity index (χ2n) is 1.35. The maximum atomic E-state index is 2.21. The zero-order valence-electron chi connectivity index (χ0n) is 7.53. The number of unbranched alkanes of at least 4 members (excludes halogenated alkanes) is 2. The molecule has 0 N–H and O–H groups in total. The Bertz CT molecular complexity index is 12.0. The summed E-state index contributed by atoms with van der Waals surface area (Å²) in [5.74, 6) is 0. The Balaban J connectivity index is -0.0000000286. The van der Waals surface area contributed by atoms with Crippen molar-refractivity contribution < 1.29 is 21.1 Å². The van der Waals surface area contributed by atoms with E-state index in [9.17, 15) is 0 Å². The van der Waals surface area contributed by atoms with E-state index in [1.165, 1.54) is 19.3 Å². The van der Waals surface area contributed by atoms with E-state index in [0.29, 0.717) is 0 Å². The van der Waals surface area contributed by atoms with Crippen molar-refractivity contribution in [2.75, 3.05) is 0 Å². The van der Waals surface area contributed by atoms with Crippen molar-refractivity contribution >= 4 is 0 Å². The maximum Gasteiger partial charge on any atom is 0 e. The zero-order valence-corrected chi connectivity index (χ0v) is 10.5. The van der Waals surface area contributed by atoms with Crippen LogP contribution in [0.2, 0.25) is 0 Å². The number of hydrogen-bond donors (Lipinski definition) is 0. The normalized spacial score (nSPS) is 5.33. The van der Waals surface area contributed by atoms with E-state index in [0.717, 1.165) is 0 Å². The van der Waals surface area contributed by atoms with Crippen molar-refractivity contribution in [2.45, 2.75) is 47.0 Å². The van der Waals surface area contributed by atoms with Crippen molar-refractivity contribution in [3.05, 3.63) is 7.43 Å². The van der Waals surface area contributed by atoms with Gasteiger partial charge in [-0.15, -0.1) is 0 Å². The van der Waals surface area contributed by atoms with Crippen LogP contribution in [0.25, 0.3) is 0 Å². The van der Waals surface area contributed by atoms with Crippen LogP contribution in [0.1, 0.15) is 47.0 Å². The molecule has 0 rings (SSSR count). The third-order valence-corrected chi connectivity index (χ3v) is 0.707. The van der Waals surface area contributed by atoms with Crippen LogP contribution in [-0.4, -0.2) is 0 Å². The van der Waals surface area contributed by atoms with Crippen LogP contribution < -0.4 is 0 Å². The van der Waals surface area contributed by atoms with Crippen molar-refractivity contribution in [3.8, 4) is 0 Å². The minimum atomic E-state index is 0. The minimum Gasteiger partial charge on any atom is -0.358 e. The average Bonchev–Trinajstić information content (AvgIpc) is 1.75. The molecular formula is C8H21W-. The molecule has 0 spiro atoms. The zero-order chi connectivity index (χ0) is 6.12. The molecule has 0 bridgehead atoms. The standard InChI is InChI=1S/C5H12.C2H6.CH3.W/c1-3-5-4-2;1-2;;/h3-5H2,1-2H3;1-2H3;1H3;/q;;-1;. The van der Waals surface area contributed by atoms with Gasteiger partial charge in [0.15, 0.2) is 0 Å². The molecule has 0 aromatic heterocycles. The molecular weight excluding hydrogens is 280 g/mol. The molecule has 60 valence electrons. The van der Waals surface area contributed by atoms with Gasteiger partial charge in [-0.05, 0) is 0 Å². The molecule has 0 aromatic rings. The van der Waals surface area contributed by atoms with Gasteiger partial charge in [-0.1, -0.05) is 47.0 Å². The van der Waals surface area contributed by atoms with Gasteiger partial charge in [-0.25, -0.2) is 0 Å². The van der Waals surface area contributed by atoms with E-state index in [-0.39, 0.29) is 28.5 Å². The molecule has 0 atom stereocenters. The van der Waals surface area contributed by atoms with Crippen LogP contribution in [-0.2, 0) is 21.1 Å². The molecule has 0 amide bonds. The second-order valence-corrected chi connectivity index (χ2v) is 1.35. The predicted molar refractivity (Wildman–Crippen MR) is 43.0 cm³/mol. The van der Waals surface area contributed by atoms with Crippen LogP contribution in [0.5, 0.6) is 0 Å². The summed E-state index contributed by atoms with van der Waals surface area (Å²) >= 11 is 0. The van der Waals surface area contributed by atoms with Gasteiger partial charge in [0.05, 0.1) is 0 Å². The monoisotopic (exact) mass is 301 g/mol. The summed E-state index contributed by atoms with van der Waals surface area (Å²) in [6.45, 7) is 8.42. The molecule has 0 heterocycles. The predicted octanol–water partition coefficient (Wildman–Crippen LogP) is 3.67. The molecule has 0 aliphatic rings. The van der Waals surface area contributed by atoms with Gasteiger partial charge >= 0.3 is 0 Å². The molecule has 0 aliphatic heterocycles. The summed E-state index contributed by atoms with van der Waals surface area (Å²) < 4.78 is 0. The molecule has 1 heteroatoms. The van der Waals surface area contributed by atoms with Gasteiger partial charge in [0.25, 0.3) is 0 Å². The largest absolute Gasteiger partial charge is 0.358 e. The fraction of sp³-hybridized carbons (Fsp3) is 0.875. The summed E-state index contributed by atoms with van der Waals surface area (Å²) in [6, 6.07) is 0. The van der Waals surface area contributed by atoms with Gasteiger partial charge in [0.1, 0.15) is 0 Å². The van der Waals surface area contributed by atoms with E-state index in [1.54, 1.807) is 0 Å². The van der Waals surface area contributed by atoms with E-state index >= 15 is 0 Å². The average molecular weight is 301 g/mol. The Morgan fingerprint density at radius 3 is 1.11 bits per heavy atom. The number of rotatable bonds is 2. The van der Waals surface area contributed by atoms with Crippen LogP contribution >= 0.6 is 0 Å². The van der Waals surface area contributed by atoms with Gasteiger partial charge < -0.3 is 7.43 Å². The van der Waals surface area contributed by atoms with Crippen LogP contribution in [0.4, 0.5) is 0 Å². The van der Waals surface area contributed by atoms with Crippen molar-refractivity contribution in [2.24, 2.45) is 0 Å². The Morgan fingerprint density at radius 2 is 1.11 bits per heavy atom. The van der Waals surface area contributed by atoms with Crippen molar-refractivity contribution in [3.63, 3.8) is 0 Å². The summed E-state index contributed by atoms with van der Waals surface area (Å²) in [7, 11) is 0. The Labute approximate surface area is 75.7 Å². The molecule has 0 aromatic carbocycles. The van der Waals surface area contributed by atoms with E-state index < -0.39 is 0 Å². The third kappa shape index (κ3) is 53.8. The summed E-state index contributed by atoms with van der Waals surface area (Å²) in [4.78, 5) is 0. The van der Waals surface area contributed by atoms with Crippen molar-refractivity contribution in [1.82, 2.24) is 0 Å². The molecule has 0 aliphatic carbocycles. The summed E-state index contributed by atoms with van der Waals surface area (Å²) in [5.41, 5.74) is 0. The van der Waals surface area contributed by atoms with Gasteiger partial charge in [0, 0.05) is 21.1 Å². The molecule has 0 unspecified atom stereocenters. The van der Waals surface area contributed by atoms with Gasteiger partial charge in [-0.2, -0.15) is 0 Å². The first-order valence-corrected chi connectivity index (χ1v) is 3.41. The van der Waals surface area contributed by atoms with Gasteiger partial charge in [0.2, 0.25) is 0 Å². The first-order chi connectivity index (χ1) is 3.41. The van der Waals surface area contributed by atoms with Crippen LogP contribution in [0, 0.1) is 7.43 Å². The molecule has 0 radical (unpaired) electrons. The first kappa shape index (κ1) is 22.6. The van der Waals surface area contributed by atoms with Gasteiger partial charge in [-0.3, -0.25) is 0 Å².